The Morgan fingerprint density at radius 3 is 2.14 bits per heavy atom. The predicted molar refractivity (Wildman–Crippen MR) is 189 cm³/mol. The molecule has 0 N–H and O–H groups in total. The quantitative estimate of drug-likeness (QED) is 0.195. The molecular weight excluding hydrogens is 633 g/mol. The summed E-state index contributed by atoms with van der Waals surface area (Å²) in [6, 6.07) is 32.5. The van der Waals surface area contributed by atoms with E-state index in [1.165, 1.54) is 76.0 Å². The third-order valence-electron chi connectivity index (χ3n) is 9.76. The molecule has 0 amide bonds. The van der Waals surface area contributed by atoms with Crippen LogP contribution in [0.25, 0.3) is 26.1 Å². The second-order valence-electron chi connectivity index (χ2n) is 13.2. The van der Waals surface area contributed by atoms with Gasteiger partial charge in [-0.3, -0.25) is 0 Å². The van der Waals surface area contributed by atoms with Crippen molar-refractivity contribution >= 4 is 34.9 Å². The largest absolute Gasteiger partial charge is 0.147 e. The summed E-state index contributed by atoms with van der Waals surface area (Å²) >= 11 is -2.13. The number of fused-ring (bicyclic) bond motifs is 4. The van der Waals surface area contributed by atoms with E-state index in [4.69, 9.17) is 3.32 Å². The average Bonchev–Trinajstić information content (AvgIpc) is 3.67. The summed E-state index contributed by atoms with van der Waals surface area (Å²) in [5.41, 5.74) is 13.9. The molecule has 0 aromatic heterocycles. The first-order chi connectivity index (χ1) is 20.3. The Labute approximate surface area is 282 Å². The number of nitrogens with zero attached hydrogens (tertiary/aromatic N) is 1. The first-order valence-electron chi connectivity index (χ1n) is 15.5. The van der Waals surface area contributed by atoms with Crippen molar-refractivity contribution in [2.45, 2.75) is 65.1 Å². The van der Waals surface area contributed by atoms with Crippen molar-refractivity contribution in [1.82, 2.24) is 4.90 Å². The van der Waals surface area contributed by atoms with Gasteiger partial charge in [0.25, 0.3) is 0 Å². The minimum absolute atomic E-state index is 0. The summed E-state index contributed by atoms with van der Waals surface area (Å²) in [5.74, 6) is 1.07. The van der Waals surface area contributed by atoms with Crippen LogP contribution in [0.3, 0.4) is 0 Å². The summed E-state index contributed by atoms with van der Waals surface area (Å²) in [4.78, 5) is 2.72. The Morgan fingerprint density at radius 1 is 0.750 bits per heavy atom. The van der Waals surface area contributed by atoms with Crippen LogP contribution < -0.4 is 3.32 Å². The van der Waals surface area contributed by atoms with Crippen LogP contribution in [-0.2, 0) is 22.4 Å². The van der Waals surface area contributed by atoms with Gasteiger partial charge in [-0.1, -0.05) is 0 Å². The molecule has 228 valence electrons. The van der Waals surface area contributed by atoms with Crippen LogP contribution >= 0.6 is 24.8 Å². The van der Waals surface area contributed by atoms with E-state index < -0.39 is 23.2 Å². The van der Waals surface area contributed by atoms with E-state index in [-0.39, 0.29) is 30.2 Å². The summed E-state index contributed by atoms with van der Waals surface area (Å²) < 4.78 is 9.00. The second-order valence-corrected chi connectivity index (χ2v) is 23.8. The molecule has 0 radical (unpaired) electrons. The van der Waals surface area contributed by atoms with E-state index in [2.05, 4.69) is 131 Å². The van der Waals surface area contributed by atoms with E-state index in [0.717, 1.165) is 5.75 Å². The van der Waals surface area contributed by atoms with Crippen LogP contribution in [0.4, 0.5) is 0 Å². The van der Waals surface area contributed by atoms with Crippen LogP contribution in [0.1, 0.15) is 67.5 Å². The van der Waals surface area contributed by atoms with Gasteiger partial charge in [-0.2, -0.15) is 0 Å². The molecular formula is C38H43Cl2NOSiTi. The number of halogens is 2. The Kier molecular flexibility index (Phi) is 9.79. The third-order valence-corrected chi connectivity index (χ3v) is 18.8. The molecule has 6 heteroatoms. The first kappa shape index (κ1) is 33.3. The topological polar surface area (TPSA) is 12.5 Å². The average molecular weight is 677 g/mol. The van der Waals surface area contributed by atoms with Crippen LogP contribution in [0.2, 0.25) is 13.1 Å². The van der Waals surface area contributed by atoms with Gasteiger partial charge in [0.1, 0.15) is 0 Å². The molecule has 3 aliphatic rings. The number of likely N-dealkylation sites (tertiary alicyclic amines) is 1. The predicted octanol–water partition coefficient (Wildman–Crippen LogP) is 10.6. The summed E-state index contributed by atoms with van der Waals surface area (Å²) in [6.45, 7) is 16.7. The number of rotatable bonds is 5. The monoisotopic (exact) mass is 675 g/mol. The van der Waals surface area contributed by atoms with Crippen molar-refractivity contribution in [3.63, 3.8) is 0 Å². The van der Waals surface area contributed by atoms with Gasteiger partial charge >= 0.3 is 260 Å². The fraction of sp³-hybridized carbons (Fsp3) is 0.316. The van der Waals surface area contributed by atoms with E-state index in [1.54, 1.807) is 9.45 Å². The van der Waals surface area contributed by atoms with Crippen molar-refractivity contribution in [2.24, 2.45) is 0 Å². The molecule has 4 aromatic rings. The van der Waals surface area contributed by atoms with Crippen molar-refractivity contribution < 1.29 is 20.3 Å². The zero-order valence-corrected chi connectivity index (χ0v) is 30.9. The fourth-order valence-corrected chi connectivity index (χ4v) is 15.8. The van der Waals surface area contributed by atoms with Gasteiger partial charge in [-0.15, -0.1) is 24.8 Å². The van der Waals surface area contributed by atoms with Gasteiger partial charge in [0.15, 0.2) is 0 Å². The SMILES string of the molecule is CC1=[C]([Ti]([O]c2ccc(C)cc2-c2ccc3c(c2)C(C)(C)c2ccccc2-3)=[Si](C)C)c2ccccc2C1N1CCCC1.Cl.Cl. The minimum atomic E-state index is -2.13. The molecule has 1 saturated heterocycles. The van der Waals surface area contributed by atoms with E-state index in [0.29, 0.717) is 6.04 Å². The van der Waals surface area contributed by atoms with Crippen LogP contribution in [0.5, 0.6) is 5.75 Å². The van der Waals surface area contributed by atoms with Crippen molar-refractivity contribution in [3.8, 4) is 28.0 Å². The fourth-order valence-electron chi connectivity index (χ4n) is 7.66. The Bertz CT molecular complexity index is 1800. The van der Waals surface area contributed by atoms with E-state index >= 15 is 0 Å². The van der Waals surface area contributed by atoms with Gasteiger partial charge in [0.05, 0.1) is 0 Å². The van der Waals surface area contributed by atoms with Gasteiger partial charge in [0, 0.05) is 0 Å². The number of benzene rings is 4. The molecule has 1 atom stereocenters. The van der Waals surface area contributed by atoms with Crippen LogP contribution in [0.15, 0.2) is 90.5 Å². The summed E-state index contributed by atoms with van der Waals surface area (Å²) in [6.07, 6.45) is 1.95. The van der Waals surface area contributed by atoms with E-state index in [1.807, 2.05) is 0 Å². The number of hydrogen-bond acceptors (Lipinski definition) is 2. The maximum atomic E-state index is 7.41. The van der Waals surface area contributed by atoms with E-state index in [9.17, 15) is 0 Å². The Hall–Kier alpha value is -2.11. The van der Waals surface area contributed by atoms with Crippen LogP contribution in [-0.4, -0.2) is 24.2 Å². The first-order valence-corrected chi connectivity index (χ1v) is 21.8. The molecule has 7 rings (SSSR count). The molecule has 1 unspecified atom stereocenters. The molecule has 2 aliphatic carbocycles. The molecule has 1 fully saturated rings. The number of hydrogen-bond donors (Lipinski definition) is 0. The Balaban J connectivity index is 0.00000192. The molecule has 0 saturated carbocycles. The van der Waals surface area contributed by atoms with Crippen molar-refractivity contribution in [1.29, 1.82) is 0 Å². The standard InChI is InChI=1S/C22H20O.C14H16N.C2H6Si.2ClH.Ti/c1-14-8-11-21(23)18(12-14)15-9-10-17-16-6-4-5-7-19(16)22(2,3)20(17)13-15;1-11-10-12-6-2-3-7-13(12)14(11)15-8-4-5-9-15;1-3-2;;;/h4-13,23H,1-3H3;2-3,6-7,14H,4-5,8-9H2,1H3;1-2H3;2*1H;/q;;;;;+1/p-1. The molecule has 1 aliphatic heterocycles. The zero-order chi connectivity index (χ0) is 29.2. The zero-order valence-electron chi connectivity index (χ0n) is 26.7. The van der Waals surface area contributed by atoms with Crippen molar-refractivity contribution in [3.05, 3.63) is 118 Å². The second kappa shape index (κ2) is 12.9. The molecule has 1 heterocycles. The van der Waals surface area contributed by atoms with Crippen LogP contribution in [0, 0.1) is 6.92 Å². The number of aryl methyl sites for hydroxylation is 1. The Morgan fingerprint density at radius 2 is 1.41 bits per heavy atom. The van der Waals surface area contributed by atoms with Gasteiger partial charge < -0.3 is 0 Å². The molecule has 4 aromatic carbocycles. The van der Waals surface area contributed by atoms with Gasteiger partial charge in [0.2, 0.25) is 0 Å². The molecule has 44 heavy (non-hydrogen) atoms. The molecule has 2 nitrogen and oxygen atoms in total. The maximum Gasteiger partial charge on any atom is -0.147 e. The molecule has 0 spiro atoms. The minimum Gasteiger partial charge on any atom is -0.147 e. The summed E-state index contributed by atoms with van der Waals surface area (Å²) in [5, 5.41) is 0. The smallest absolute Gasteiger partial charge is 0.147 e. The normalized spacial score (nSPS) is 17.7. The van der Waals surface area contributed by atoms with Gasteiger partial charge in [-0.25, -0.2) is 0 Å². The molecule has 0 bridgehead atoms. The third kappa shape index (κ3) is 5.48. The van der Waals surface area contributed by atoms with Gasteiger partial charge in [-0.05, 0) is 0 Å². The van der Waals surface area contributed by atoms with Crippen molar-refractivity contribution in [2.75, 3.05) is 13.1 Å². The summed E-state index contributed by atoms with van der Waals surface area (Å²) in [7, 11) is 0. The maximum absolute atomic E-state index is 7.41.